The Morgan fingerprint density at radius 1 is 1.08 bits per heavy atom. The van der Waals surface area contributed by atoms with E-state index in [4.69, 9.17) is 11.2 Å². The summed E-state index contributed by atoms with van der Waals surface area (Å²) in [5.41, 5.74) is 0. The van der Waals surface area contributed by atoms with E-state index in [9.17, 15) is 0 Å². The Hall–Kier alpha value is -1.52. The molecule has 62 valence electrons. The summed E-state index contributed by atoms with van der Waals surface area (Å²) in [5.74, 6) is 9.95. The van der Waals surface area contributed by atoms with Crippen LogP contribution in [0.1, 0.15) is 20.8 Å². The molecule has 0 aromatic rings. The van der Waals surface area contributed by atoms with Crippen molar-refractivity contribution in [2.75, 3.05) is 0 Å². The summed E-state index contributed by atoms with van der Waals surface area (Å²) in [4.78, 5) is 0. The van der Waals surface area contributed by atoms with Crippen molar-refractivity contribution < 1.29 is 4.74 Å². The second-order valence-corrected chi connectivity index (χ2v) is 2.69. The van der Waals surface area contributed by atoms with Crippen molar-refractivity contribution in [1.82, 2.24) is 0 Å². The lowest BCUT2D eigenvalue weighted by Crippen LogP contribution is -2.11. The topological polar surface area (TPSA) is 9.23 Å². The SMILES string of the molecule is C#CC#CC#COC(C)C(C)C. The first kappa shape index (κ1) is 10.5. The molecule has 0 aliphatic carbocycles. The molecule has 0 aliphatic rings. The zero-order valence-electron chi connectivity index (χ0n) is 7.64. The summed E-state index contributed by atoms with van der Waals surface area (Å²) < 4.78 is 5.12. The largest absolute Gasteiger partial charge is 0.443 e. The maximum absolute atomic E-state index is 5.12. The average Bonchev–Trinajstić information content (AvgIpc) is 2.03. The molecule has 1 heteroatoms. The molecule has 0 fully saturated rings. The second-order valence-electron chi connectivity index (χ2n) is 2.69. The van der Waals surface area contributed by atoms with Gasteiger partial charge in [-0.1, -0.05) is 13.8 Å². The van der Waals surface area contributed by atoms with Gasteiger partial charge in [0, 0.05) is 11.8 Å². The van der Waals surface area contributed by atoms with E-state index in [2.05, 4.69) is 43.6 Å². The number of ether oxygens (including phenoxy) is 1. The van der Waals surface area contributed by atoms with Crippen molar-refractivity contribution in [1.29, 1.82) is 0 Å². The van der Waals surface area contributed by atoms with Gasteiger partial charge >= 0.3 is 0 Å². The first-order valence-electron chi connectivity index (χ1n) is 3.79. The van der Waals surface area contributed by atoms with Crippen LogP contribution in [0.2, 0.25) is 0 Å². The van der Waals surface area contributed by atoms with Gasteiger partial charge in [0.25, 0.3) is 0 Å². The van der Waals surface area contributed by atoms with Gasteiger partial charge in [0.1, 0.15) is 12.2 Å². The molecule has 0 N–H and O–H groups in total. The smallest absolute Gasteiger partial charge is 0.125 e. The molecule has 0 aliphatic heterocycles. The Labute approximate surface area is 74.5 Å². The highest BCUT2D eigenvalue weighted by Gasteiger charge is 2.04. The molecule has 0 heterocycles. The van der Waals surface area contributed by atoms with Crippen LogP contribution < -0.4 is 0 Å². The molecule has 0 aromatic heterocycles. The zero-order chi connectivity index (χ0) is 9.40. The van der Waals surface area contributed by atoms with Crippen LogP contribution in [0, 0.1) is 42.1 Å². The van der Waals surface area contributed by atoms with Gasteiger partial charge in [0.15, 0.2) is 0 Å². The molecule has 0 saturated heterocycles. The molecule has 0 rings (SSSR count). The number of rotatable bonds is 2. The fourth-order valence-corrected chi connectivity index (χ4v) is 0.351. The Morgan fingerprint density at radius 3 is 2.25 bits per heavy atom. The first-order chi connectivity index (χ1) is 5.68. The molecule has 0 saturated carbocycles. The Bertz CT molecular complexity index is 272. The lowest BCUT2D eigenvalue weighted by molar-refractivity contribution is 0.138. The fraction of sp³-hybridized carbons (Fsp3) is 0.455. The van der Waals surface area contributed by atoms with E-state index in [1.807, 2.05) is 6.92 Å². The fourth-order valence-electron chi connectivity index (χ4n) is 0.351. The molecule has 1 unspecified atom stereocenters. The molecule has 0 bridgehead atoms. The van der Waals surface area contributed by atoms with Crippen molar-refractivity contribution in [2.24, 2.45) is 5.92 Å². The summed E-state index contributed by atoms with van der Waals surface area (Å²) in [6.07, 6.45) is 7.50. The van der Waals surface area contributed by atoms with Gasteiger partial charge in [-0.15, -0.1) is 6.42 Å². The zero-order valence-corrected chi connectivity index (χ0v) is 7.64. The minimum Gasteiger partial charge on any atom is -0.443 e. The van der Waals surface area contributed by atoms with Gasteiger partial charge < -0.3 is 4.74 Å². The molecule has 1 nitrogen and oxygen atoms in total. The minimum atomic E-state index is 0.130. The molecule has 0 amide bonds. The van der Waals surface area contributed by atoms with Crippen LogP contribution in [0.4, 0.5) is 0 Å². The van der Waals surface area contributed by atoms with Crippen molar-refractivity contribution in [3.8, 4) is 36.2 Å². The first-order valence-corrected chi connectivity index (χ1v) is 3.79. The lowest BCUT2D eigenvalue weighted by atomic mass is 10.1. The van der Waals surface area contributed by atoms with E-state index in [-0.39, 0.29) is 6.10 Å². The van der Waals surface area contributed by atoms with Gasteiger partial charge in [-0.2, -0.15) is 0 Å². The van der Waals surface area contributed by atoms with E-state index in [0.717, 1.165) is 0 Å². The molecule has 0 spiro atoms. The standard InChI is InChI=1S/C11H12O/c1-5-6-7-8-9-12-11(4)10(2)3/h1,10-11H,2-4H3. The summed E-state index contributed by atoms with van der Waals surface area (Å²) in [5, 5.41) is 0. The monoisotopic (exact) mass is 160 g/mol. The highest BCUT2D eigenvalue weighted by atomic mass is 16.5. The third kappa shape index (κ3) is 5.28. The van der Waals surface area contributed by atoms with Crippen LogP contribution in [0.3, 0.4) is 0 Å². The average molecular weight is 160 g/mol. The highest BCUT2D eigenvalue weighted by molar-refractivity contribution is 5.32. The Kier molecular flexibility index (Phi) is 5.42. The molecular weight excluding hydrogens is 148 g/mol. The Balaban J connectivity index is 3.81. The number of terminal acetylenes is 1. The predicted molar refractivity (Wildman–Crippen MR) is 49.8 cm³/mol. The normalized spacial score (nSPS) is 9.92. The van der Waals surface area contributed by atoms with Crippen LogP contribution in [-0.2, 0) is 4.74 Å². The van der Waals surface area contributed by atoms with Crippen LogP contribution in [0.15, 0.2) is 0 Å². The quantitative estimate of drug-likeness (QED) is 0.558. The summed E-state index contributed by atoms with van der Waals surface area (Å²) in [6, 6.07) is 0. The van der Waals surface area contributed by atoms with Crippen LogP contribution in [0.5, 0.6) is 0 Å². The van der Waals surface area contributed by atoms with Gasteiger partial charge in [0.2, 0.25) is 0 Å². The number of hydrogen-bond donors (Lipinski definition) is 0. The second kappa shape index (κ2) is 6.21. The highest BCUT2D eigenvalue weighted by Crippen LogP contribution is 2.03. The summed E-state index contributed by atoms with van der Waals surface area (Å²) in [7, 11) is 0. The minimum absolute atomic E-state index is 0.130. The van der Waals surface area contributed by atoms with Crippen molar-refractivity contribution >= 4 is 0 Å². The van der Waals surface area contributed by atoms with Gasteiger partial charge in [-0.25, -0.2) is 0 Å². The molecule has 0 aromatic carbocycles. The van der Waals surface area contributed by atoms with Crippen molar-refractivity contribution in [3.63, 3.8) is 0 Å². The predicted octanol–water partition coefficient (Wildman–Crippen LogP) is 1.65. The molecular formula is C11H12O. The van der Waals surface area contributed by atoms with Crippen LogP contribution in [-0.4, -0.2) is 6.10 Å². The van der Waals surface area contributed by atoms with E-state index in [0.29, 0.717) is 5.92 Å². The maximum atomic E-state index is 5.12. The lowest BCUT2D eigenvalue weighted by Gasteiger charge is -2.11. The molecule has 0 radical (unpaired) electrons. The summed E-state index contributed by atoms with van der Waals surface area (Å²) in [6.45, 7) is 6.10. The Morgan fingerprint density at radius 2 is 1.75 bits per heavy atom. The van der Waals surface area contributed by atoms with E-state index >= 15 is 0 Å². The van der Waals surface area contributed by atoms with Gasteiger partial charge in [0.05, 0.1) is 0 Å². The van der Waals surface area contributed by atoms with Crippen molar-refractivity contribution in [3.05, 3.63) is 0 Å². The van der Waals surface area contributed by atoms with E-state index in [1.165, 1.54) is 0 Å². The van der Waals surface area contributed by atoms with Crippen LogP contribution >= 0.6 is 0 Å². The molecule has 12 heavy (non-hydrogen) atoms. The third-order valence-electron chi connectivity index (χ3n) is 1.43. The number of hydrogen-bond acceptors (Lipinski definition) is 1. The van der Waals surface area contributed by atoms with Gasteiger partial charge in [-0.05, 0) is 24.7 Å². The van der Waals surface area contributed by atoms with Crippen molar-refractivity contribution in [2.45, 2.75) is 26.9 Å². The summed E-state index contributed by atoms with van der Waals surface area (Å²) >= 11 is 0. The maximum Gasteiger partial charge on any atom is 0.125 e. The van der Waals surface area contributed by atoms with Crippen LogP contribution in [0.25, 0.3) is 0 Å². The van der Waals surface area contributed by atoms with E-state index < -0.39 is 0 Å². The van der Waals surface area contributed by atoms with E-state index in [1.54, 1.807) is 0 Å². The van der Waals surface area contributed by atoms with Gasteiger partial charge in [-0.3, -0.25) is 0 Å². The molecule has 1 atom stereocenters. The third-order valence-corrected chi connectivity index (χ3v) is 1.43.